The average molecular weight is 401 g/mol. The van der Waals surface area contributed by atoms with E-state index < -0.39 is 24.4 Å². The average Bonchev–Trinajstić information content (AvgIpc) is 3.16. The zero-order valence-corrected chi connectivity index (χ0v) is 16.3. The molecule has 2 amide bonds. The normalized spacial score (nSPS) is 12.2. The Morgan fingerprint density at radius 3 is 2.68 bits per heavy atom. The number of rotatable bonds is 6. The summed E-state index contributed by atoms with van der Waals surface area (Å²) in [6.07, 6.45) is 3.08. The van der Waals surface area contributed by atoms with Crippen LogP contribution < -0.4 is 10.6 Å². The summed E-state index contributed by atoms with van der Waals surface area (Å²) in [6, 6.07) is 10.6. The maximum absolute atomic E-state index is 12.1. The zero-order valence-electron chi connectivity index (χ0n) is 15.5. The van der Waals surface area contributed by atoms with Crippen molar-refractivity contribution < 1.29 is 19.1 Å². The predicted molar refractivity (Wildman–Crippen MR) is 107 cm³/mol. The number of carbonyl (C=O) groups excluding carboxylic acids is 3. The van der Waals surface area contributed by atoms with Crippen LogP contribution in [0.25, 0.3) is 0 Å². The van der Waals surface area contributed by atoms with Crippen molar-refractivity contribution in [2.45, 2.75) is 26.2 Å². The summed E-state index contributed by atoms with van der Waals surface area (Å²) in [7, 11) is 0. The van der Waals surface area contributed by atoms with Crippen molar-refractivity contribution in [2.75, 3.05) is 18.5 Å². The van der Waals surface area contributed by atoms with E-state index >= 15 is 0 Å². The van der Waals surface area contributed by atoms with Crippen LogP contribution in [0.3, 0.4) is 0 Å². The number of amides is 2. The number of aryl methyl sites for hydroxylation is 2. The summed E-state index contributed by atoms with van der Waals surface area (Å²) >= 11 is 6.01. The van der Waals surface area contributed by atoms with Gasteiger partial charge in [-0.15, -0.1) is 0 Å². The molecule has 0 saturated heterocycles. The SMILES string of the molecule is Cc1c(Cl)cccc1NC(=O)CNC(=O)COC(=O)c1ccc2c(c1)CCC2. The van der Waals surface area contributed by atoms with Gasteiger partial charge in [0.2, 0.25) is 5.91 Å². The lowest BCUT2D eigenvalue weighted by atomic mass is 10.1. The smallest absolute Gasteiger partial charge is 0.338 e. The highest BCUT2D eigenvalue weighted by Crippen LogP contribution is 2.23. The van der Waals surface area contributed by atoms with E-state index in [4.69, 9.17) is 16.3 Å². The van der Waals surface area contributed by atoms with Crippen molar-refractivity contribution in [2.24, 2.45) is 0 Å². The number of ether oxygens (including phenoxy) is 1. The molecule has 0 unspecified atom stereocenters. The van der Waals surface area contributed by atoms with Crippen LogP contribution in [-0.4, -0.2) is 30.9 Å². The van der Waals surface area contributed by atoms with Crippen LogP contribution in [0, 0.1) is 6.92 Å². The Kier molecular flexibility index (Phi) is 6.31. The van der Waals surface area contributed by atoms with Crippen LogP contribution in [0.2, 0.25) is 5.02 Å². The number of hydrogen-bond donors (Lipinski definition) is 2. The number of esters is 1. The van der Waals surface area contributed by atoms with Gasteiger partial charge in [-0.1, -0.05) is 23.7 Å². The summed E-state index contributed by atoms with van der Waals surface area (Å²) in [5.74, 6) is -1.50. The molecule has 3 rings (SSSR count). The Labute approximate surface area is 168 Å². The first-order chi connectivity index (χ1) is 13.4. The second-order valence-corrected chi connectivity index (χ2v) is 7.06. The summed E-state index contributed by atoms with van der Waals surface area (Å²) in [5.41, 5.74) is 4.17. The van der Waals surface area contributed by atoms with E-state index in [1.807, 2.05) is 12.1 Å². The zero-order chi connectivity index (χ0) is 20.1. The molecular formula is C21H21ClN2O4. The molecule has 7 heteroatoms. The summed E-state index contributed by atoms with van der Waals surface area (Å²) < 4.78 is 5.03. The van der Waals surface area contributed by atoms with Crippen molar-refractivity contribution >= 4 is 35.1 Å². The summed E-state index contributed by atoms with van der Waals surface area (Å²) in [6.45, 7) is 1.11. The Hall–Kier alpha value is -2.86. The number of fused-ring (bicyclic) bond motifs is 1. The van der Waals surface area contributed by atoms with Gasteiger partial charge in [0, 0.05) is 10.7 Å². The molecule has 2 aromatic rings. The number of hydrogen-bond acceptors (Lipinski definition) is 4. The van der Waals surface area contributed by atoms with Gasteiger partial charge >= 0.3 is 5.97 Å². The fraction of sp³-hybridized carbons (Fsp3) is 0.286. The Bertz CT molecular complexity index is 927. The van der Waals surface area contributed by atoms with Gasteiger partial charge in [0.05, 0.1) is 12.1 Å². The van der Waals surface area contributed by atoms with Crippen LogP contribution in [0.15, 0.2) is 36.4 Å². The van der Waals surface area contributed by atoms with E-state index in [1.54, 1.807) is 31.2 Å². The van der Waals surface area contributed by atoms with Gasteiger partial charge < -0.3 is 15.4 Å². The fourth-order valence-corrected chi connectivity index (χ4v) is 3.25. The molecule has 0 bridgehead atoms. The molecule has 0 radical (unpaired) electrons. The highest BCUT2D eigenvalue weighted by atomic mass is 35.5. The Morgan fingerprint density at radius 2 is 1.86 bits per heavy atom. The molecule has 0 spiro atoms. The molecule has 6 nitrogen and oxygen atoms in total. The highest BCUT2D eigenvalue weighted by molar-refractivity contribution is 6.31. The first-order valence-electron chi connectivity index (χ1n) is 9.04. The van der Waals surface area contributed by atoms with Crippen molar-refractivity contribution in [3.63, 3.8) is 0 Å². The minimum atomic E-state index is -0.552. The van der Waals surface area contributed by atoms with Crippen LogP contribution in [0.4, 0.5) is 5.69 Å². The molecule has 0 aliphatic heterocycles. The molecular weight excluding hydrogens is 380 g/mol. The predicted octanol–water partition coefficient (Wildman–Crippen LogP) is 3.05. The van der Waals surface area contributed by atoms with Gasteiger partial charge in [-0.2, -0.15) is 0 Å². The van der Waals surface area contributed by atoms with Gasteiger partial charge in [0.15, 0.2) is 6.61 Å². The van der Waals surface area contributed by atoms with E-state index in [0.29, 0.717) is 16.3 Å². The number of benzene rings is 2. The van der Waals surface area contributed by atoms with Crippen molar-refractivity contribution in [1.82, 2.24) is 5.32 Å². The third-order valence-electron chi connectivity index (χ3n) is 4.66. The van der Waals surface area contributed by atoms with Gasteiger partial charge in [0.1, 0.15) is 0 Å². The minimum Gasteiger partial charge on any atom is -0.452 e. The Balaban J connectivity index is 1.43. The van der Waals surface area contributed by atoms with E-state index in [-0.39, 0.29) is 6.54 Å². The summed E-state index contributed by atoms with van der Waals surface area (Å²) in [5, 5.41) is 5.64. The van der Waals surface area contributed by atoms with Crippen molar-refractivity contribution in [1.29, 1.82) is 0 Å². The lowest BCUT2D eigenvalue weighted by Gasteiger charge is -2.10. The molecule has 1 aliphatic carbocycles. The maximum Gasteiger partial charge on any atom is 0.338 e. The largest absolute Gasteiger partial charge is 0.452 e. The summed E-state index contributed by atoms with van der Waals surface area (Å²) in [4.78, 5) is 35.9. The Morgan fingerprint density at radius 1 is 1.07 bits per heavy atom. The van der Waals surface area contributed by atoms with Crippen LogP contribution >= 0.6 is 11.6 Å². The highest BCUT2D eigenvalue weighted by Gasteiger charge is 2.16. The molecule has 1 aliphatic rings. The van der Waals surface area contributed by atoms with Crippen molar-refractivity contribution in [3.05, 3.63) is 63.7 Å². The van der Waals surface area contributed by atoms with Crippen LogP contribution in [-0.2, 0) is 27.2 Å². The molecule has 2 aromatic carbocycles. The fourth-order valence-electron chi connectivity index (χ4n) is 3.08. The van der Waals surface area contributed by atoms with Crippen LogP contribution in [0.1, 0.15) is 33.5 Å². The van der Waals surface area contributed by atoms with E-state index in [1.165, 1.54) is 5.56 Å². The van der Waals surface area contributed by atoms with Crippen LogP contribution in [0.5, 0.6) is 0 Å². The monoisotopic (exact) mass is 400 g/mol. The third-order valence-corrected chi connectivity index (χ3v) is 5.07. The molecule has 0 saturated carbocycles. The number of carbonyl (C=O) groups is 3. The minimum absolute atomic E-state index is 0.235. The molecule has 0 fully saturated rings. The van der Waals surface area contributed by atoms with Gasteiger partial charge in [-0.3, -0.25) is 9.59 Å². The standard InChI is InChI=1S/C21H21ClN2O4/c1-13-17(22)6-3-7-18(13)24-19(25)11-23-20(26)12-28-21(27)16-9-8-14-4-2-5-15(14)10-16/h3,6-10H,2,4-5,11-12H2,1H3,(H,23,26)(H,24,25). The van der Waals surface area contributed by atoms with E-state index in [0.717, 1.165) is 30.4 Å². The number of nitrogens with one attached hydrogen (secondary N) is 2. The molecule has 146 valence electrons. The lowest BCUT2D eigenvalue weighted by molar-refractivity contribution is -0.126. The lowest BCUT2D eigenvalue weighted by Crippen LogP contribution is -2.35. The molecule has 0 atom stereocenters. The molecule has 0 aromatic heterocycles. The van der Waals surface area contributed by atoms with Gasteiger partial charge in [-0.05, 0) is 67.1 Å². The van der Waals surface area contributed by atoms with Gasteiger partial charge in [0.25, 0.3) is 5.91 Å². The maximum atomic E-state index is 12.1. The third kappa shape index (κ3) is 4.89. The first kappa shape index (κ1) is 19.9. The van der Waals surface area contributed by atoms with E-state index in [2.05, 4.69) is 10.6 Å². The second-order valence-electron chi connectivity index (χ2n) is 6.65. The topological polar surface area (TPSA) is 84.5 Å². The molecule has 0 heterocycles. The number of halogens is 1. The van der Waals surface area contributed by atoms with E-state index in [9.17, 15) is 14.4 Å². The van der Waals surface area contributed by atoms with Crippen molar-refractivity contribution in [3.8, 4) is 0 Å². The molecule has 28 heavy (non-hydrogen) atoms. The first-order valence-corrected chi connectivity index (χ1v) is 9.42. The van der Waals surface area contributed by atoms with Gasteiger partial charge in [-0.25, -0.2) is 4.79 Å². The number of anilines is 1. The second kappa shape index (κ2) is 8.89. The molecule has 2 N–H and O–H groups in total. The quantitative estimate of drug-likeness (QED) is 0.730.